The second-order valence-electron chi connectivity index (χ2n) is 4.79. The minimum absolute atomic E-state index is 0.266. The molecule has 0 heterocycles. The Hall–Kier alpha value is -2.49. The lowest BCUT2D eigenvalue weighted by Crippen LogP contribution is -2.11. The molecule has 2 aromatic carbocycles. The summed E-state index contributed by atoms with van der Waals surface area (Å²) in [5, 5.41) is 11.4. The summed E-state index contributed by atoms with van der Waals surface area (Å²) in [6.07, 6.45) is 2.31. The van der Waals surface area contributed by atoms with Crippen LogP contribution in [-0.2, 0) is 0 Å². The van der Waals surface area contributed by atoms with Crippen LogP contribution in [0.2, 0.25) is 0 Å². The highest BCUT2D eigenvalue weighted by Crippen LogP contribution is 2.22. The molecule has 0 bridgehead atoms. The Kier molecular flexibility index (Phi) is 5.64. The second-order valence-corrected chi connectivity index (χ2v) is 4.79. The number of hydrogen-bond donors (Lipinski definition) is 2. The zero-order valence-corrected chi connectivity index (χ0v) is 11.9. The van der Waals surface area contributed by atoms with Gasteiger partial charge in [0.1, 0.15) is 11.6 Å². The van der Waals surface area contributed by atoms with Crippen LogP contribution in [0.1, 0.15) is 19.3 Å². The van der Waals surface area contributed by atoms with Crippen molar-refractivity contribution in [3.05, 3.63) is 54.6 Å². The predicted octanol–water partition coefficient (Wildman–Crippen LogP) is 3.65. The van der Waals surface area contributed by atoms with Gasteiger partial charge in [-0.3, -0.25) is 0 Å². The van der Waals surface area contributed by atoms with Crippen molar-refractivity contribution in [1.29, 1.82) is 0 Å². The van der Waals surface area contributed by atoms with Crippen LogP contribution in [0.3, 0.4) is 0 Å². The lowest BCUT2D eigenvalue weighted by Gasteiger charge is -2.07. The molecule has 0 fully saturated rings. The summed E-state index contributed by atoms with van der Waals surface area (Å²) in [6.45, 7) is 0.628. The molecular formula is C17H20N2O2. The average Bonchev–Trinajstić information content (AvgIpc) is 2.55. The maximum absolute atomic E-state index is 8.42. The third-order valence-corrected chi connectivity index (χ3v) is 3.19. The molecule has 0 saturated carbocycles. The number of amidine groups is 1. The van der Waals surface area contributed by atoms with Gasteiger partial charge in [-0.25, -0.2) is 0 Å². The highest BCUT2D eigenvalue weighted by molar-refractivity contribution is 5.79. The zero-order valence-electron chi connectivity index (χ0n) is 11.9. The van der Waals surface area contributed by atoms with E-state index < -0.39 is 0 Å². The van der Waals surface area contributed by atoms with E-state index in [9.17, 15) is 0 Å². The fraction of sp³-hybridized carbons (Fsp3) is 0.235. The molecule has 4 heteroatoms. The maximum Gasteiger partial charge on any atom is 0.139 e. The van der Waals surface area contributed by atoms with Crippen molar-refractivity contribution in [3.63, 3.8) is 0 Å². The average molecular weight is 284 g/mol. The molecular weight excluding hydrogens is 264 g/mol. The molecule has 2 rings (SSSR count). The summed E-state index contributed by atoms with van der Waals surface area (Å²) < 4.78 is 5.67. The summed E-state index contributed by atoms with van der Waals surface area (Å²) in [5.74, 6) is 1.13. The summed E-state index contributed by atoms with van der Waals surface area (Å²) in [5.41, 5.74) is 7.77. The number of unbranched alkanes of at least 4 members (excludes halogenated alkanes) is 1. The highest BCUT2D eigenvalue weighted by atomic mass is 16.5. The standard InChI is InChI=1S/C17H20N2O2/c18-17(19-20)8-4-5-13-21-16-11-9-15(10-12-16)14-6-2-1-3-7-14/h1-3,6-7,9-12,20H,4-5,8,13H2,(H2,18,19). The molecule has 21 heavy (non-hydrogen) atoms. The largest absolute Gasteiger partial charge is 0.494 e. The molecule has 4 nitrogen and oxygen atoms in total. The highest BCUT2D eigenvalue weighted by Gasteiger charge is 1.99. The first kappa shape index (κ1) is 14.9. The molecule has 2 aromatic rings. The van der Waals surface area contributed by atoms with E-state index >= 15 is 0 Å². The smallest absolute Gasteiger partial charge is 0.139 e. The Morgan fingerprint density at radius 2 is 1.62 bits per heavy atom. The summed E-state index contributed by atoms with van der Waals surface area (Å²) in [6, 6.07) is 18.3. The van der Waals surface area contributed by atoms with E-state index in [1.54, 1.807) is 0 Å². The number of nitrogens with zero attached hydrogens (tertiary/aromatic N) is 1. The van der Waals surface area contributed by atoms with Gasteiger partial charge in [0.25, 0.3) is 0 Å². The molecule has 0 aliphatic rings. The van der Waals surface area contributed by atoms with Gasteiger partial charge in [0.2, 0.25) is 0 Å². The molecule has 0 spiro atoms. The first-order valence-corrected chi connectivity index (χ1v) is 7.04. The first-order chi connectivity index (χ1) is 10.3. The van der Waals surface area contributed by atoms with Gasteiger partial charge >= 0.3 is 0 Å². The third kappa shape index (κ3) is 4.84. The second kappa shape index (κ2) is 7.94. The van der Waals surface area contributed by atoms with Crippen molar-refractivity contribution in [2.24, 2.45) is 10.9 Å². The number of oxime groups is 1. The van der Waals surface area contributed by atoms with Gasteiger partial charge in [0, 0.05) is 6.42 Å². The predicted molar refractivity (Wildman–Crippen MR) is 84.6 cm³/mol. The third-order valence-electron chi connectivity index (χ3n) is 3.19. The van der Waals surface area contributed by atoms with Crippen LogP contribution >= 0.6 is 0 Å². The lowest BCUT2D eigenvalue weighted by atomic mass is 10.1. The normalized spacial score (nSPS) is 11.3. The van der Waals surface area contributed by atoms with Crippen molar-refractivity contribution in [2.75, 3.05) is 6.61 Å². The number of benzene rings is 2. The fourth-order valence-corrected chi connectivity index (χ4v) is 2.02. The Morgan fingerprint density at radius 3 is 2.29 bits per heavy atom. The van der Waals surface area contributed by atoms with E-state index in [1.807, 2.05) is 30.3 Å². The van der Waals surface area contributed by atoms with Crippen LogP contribution in [0, 0.1) is 0 Å². The van der Waals surface area contributed by atoms with E-state index in [2.05, 4.69) is 29.4 Å². The summed E-state index contributed by atoms with van der Waals surface area (Å²) in [4.78, 5) is 0. The van der Waals surface area contributed by atoms with Gasteiger partial charge in [0.05, 0.1) is 6.61 Å². The first-order valence-electron chi connectivity index (χ1n) is 7.04. The van der Waals surface area contributed by atoms with Crippen LogP contribution in [0.4, 0.5) is 0 Å². The summed E-state index contributed by atoms with van der Waals surface area (Å²) >= 11 is 0. The van der Waals surface area contributed by atoms with Gasteiger partial charge in [0.15, 0.2) is 0 Å². The SMILES string of the molecule is NC(CCCCOc1ccc(-c2ccccc2)cc1)=NO. The minimum Gasteiger partial charge on any atom is -0.494 e. The Balaban J connectivity index is 1.78. The van der Waals surface area contributed by atoms with Crippen molar-refractivity contribution in [1.82, 2.24) is 0 Å². The molecule has 0 atom stereocenters. The van der Waals surface area contributed by atoms with E-state index in [1.165, 1.54) is 11.1 Å². The van der Waals surface area contributed by atoms with Crippen LogP contribution in [0.5, 0.6) is 5.75 Å². The maximum atomic E-state index is 8.42. The van der Waals surface area contributed by atoms with Crippen LogP contribution in [0.25, 0.3) is 11.1 Å². The molecule has 0 saturated heterocycles. The van der Waals surface area contributed by atoms with Crippen molar-refractivity contribution in [3.8, 4) is 16.9 Å². The van der Waals surface area contributed by atoms with Crippen LogP contribution in [-0.4, -0.2) is 17.6 Å². The molecule has 0 amide bonds. The molecule has 3 N–H and O–H groups in total. The quantitative estimate of drug-likeness (QED) is 0.268. The Bertz CT molecular complexity index is 565. The molecule has 0 aromatic heterocycles. The van der Waals surface area contributed by atoms with Gasteiger partial charge in [-0.2, -0.15) is 0 Å². The molecule has 0 aliphatic carbocycles. The molecule has 110 valence electrons. The van der Waals surface area contributed by atoms with Crippen LogP contribution in [0.15, 0.2) is 59.8 Å². The van der Waals surface area contributed by atoms with E-state index in [4.69, 9.17) is 15.7 Å². The van der Waals surface area contributed by atoms with Gasteiger partial charge < -0.3 is 15.7 Å². The molecule has 0 unspecified atom stereocenters. The van der Waals surface area contributed by atoms with Gasteiger partial charge in [-0.1, -0.05) is 47.6 Å². The zero-order chi connectivity index (χ0) is 14.9. The molecule has 0 aliphatic heterocycles. The number of hydrogen-bond acceptors (Lipinski definition) is 3. The Morgan fingerprint density at radius 1 is 0.952 bits per heavy atom. The van der Waals surface area contributed by atoms with E-state index in [0.717, 1.165) is 18.6 Å². The number of nitrogens with two attached hydrogens (primary N) is 1. The van der Waals surface area contributed by atoms with Crippen LogP contribution < -0.4 is 10.5 Å². The molecule has 0 radical (unpaired) electrons. The van der Waals surface area contributed by atoms with Crippen molar-refractivity contribution in [2.45, 2.75) is 19.3 Å². The number of ether oxygens (including phenoxy) is 1. The van der Waals surface area contributed by atoms with Gasteiger partial charge in [-0.15, -0.1) is 0 Å². The summed E-state index contributed by atoms with van der Waals surface area (Å²) in [7, 11) is 0. The van der Waals surface area contributed by atoms with E-state index in [0.29, 0.717) is 13.0 Å². The van der Waals surface area contributed by atoms with Crippen molar-refractivity contribution < 1.29 is 9.94 Å². The monoisotopic (exact) mass is 284 g/mol. The van der Waals surface area contributed by atoms with Crippen molar-refractivity contribution >= 4 is 5.84 Å². The van der Waals surface area contributed by atoms with Gasteiger partial charge in [-0.05, 0) is 36.1 Å². The minimum atomic E-state index is 0.266. The fourth-order valence-electron chi connectivity index (χ4n) is 2.02. The van der Waals surface area contributed by atoms with E-state index in [-0.39, 0.29) is 5.84 Å². The Labute approximate surface area is 124 Å². The lowest BCUT2D eigenvalue weighted by molar-refractivity contribution is 0.304. The topological polar surface area (TPSA) is 67.8 Å². The number of rotatable bonds is 7.